The van der Waals surface area contributed by atoms with E-state index in [9.17, 15) is 9.59 Å². The average Bonchev–Trinajstić information content (AvgIpc) is 2.47. The molecule has 0 aliphatic rings. The van der Waals surface area contributed by atoms with Gasteiger partial charge in [0.2, 0.25) is 0 Å². The predicted molar refractivity (Wildman–Crippen MR) is 72.1 cm³/mol. The summed E-state index contributed by atoms with van der Waals surface area (Å²) in [5.41, 5.74) is 1.39. The summed E-state index contributed by atoms with van der Waals surface area (Å²) in [6.45, 7) is 0. The Morgan fingerprint density at radius 3 is 2.70 bits per heavy atom. The van der Waals surface area contributed by atoms with Gasteiger partial charge >= 0.3 is 5.97 Å². The number of carboxylic acid groups (broad SMARTS) is 1. The Bertz CT molecular complexity index is 865. The fourth-order valence-electron chi connectivity index (χ4n) is 1.97. The number of benzene rings is 1. The Balaban J connectivity index is 2.33. The molecular weight excluding hydrogens is 258 g/mol. The lowest BCUT2D eigenvalue weighted by Crippen LogP contribution is -2.18. The van der Waals surface area contributed by atoms with Crippen LogP contribution < -0.4 is 5.56 Å². The van der Waals surface area contributed by atoms with Crippen molar-refractivity contribution < 1.29 is 9.90 Å². The van der Waals surface area contributed by atoms with Crippen LogP contribution in [0.2, 0.25) is 0 Å². The number of carboxylic acids is 1. The zero-order chi connectivity index (χ0) is 14.1. The summed E-state index contributed by atoms with van der Waals surface area (Å²) in [7, 11) is 0. The molecule has 2 heterocycles. The number of hydrogen-bond donors (Lipinski definition) is 1. The van der Waals surface area contributed by atoms with Crippen LogP contribution in [0.4, 0.5) is 0 Å². The SMILES string of the molecule is O=C(O)c1ccc(=O)n(-c2cccc3nccnc23)c1. The van der Waals surface area contributed by atoms with Crippen molar-refractivity contribution in [2.45, 2.75) is 0 Å². The third-order valence-corrected chi connectivity index (χ3v) is 2.89. The van der Waals surface area contributed by atoms with Gasteiger partial charge in [0.05, 0.1) is 16.8 Å². The molecule has 3 rings (SSSR count). The monoisotopic (exact) mass is 267 g/mol. The minimum Gasteiger partial charge on any atom is -0.478 e. The molecule has 0 fully saturated rings. The molecule has 6 nitrogen and oxygen atoms in total. The zero-order valence-electron chi connectivity index (χ0n) is 10.2. The van der Waals surface area contributed by atoms with Crippen molar-refractivity contribution >= 4 is 17.0 Å². The van der Waals surface area contributed by atoms with Crippen molar-refractivity contribution in [3.05, 3.63) is 64.8 Å². The Kier molecular flexibility index (Phi) is 2.76. The lowest BCUT2D eigenvalue weighted by Gasteiger charge is -2.08. The van der Waals surface area contributed by atoms with Crippen LogP contribution in [0.1, 0.15) is 10.4 Å². The van der Waals surface area contributed by atoms with Gasteiger partial charge in [-0.1, -0.05) is 6.07 Å². The molecular formula is C14H9N3O3. The molecule has 0 aliphatic heterocycles. The maximum atomic E-state index is 12.0. The number of fused-ring (bicyclic) bond motifs is 1. The molecule has 0 spiro atoms. The van der Waals surface area contributed by atoms with Crippen LogP contribution in [-0.2, 0) is 0 Å². The zero-order valence-corrected chi connectivity index (χ0v) is 10.2. The molecule has 0 bridgehead atoms. The Hall–Kier alpha value is -3.02. The second kappa shape index (κ2) is 4.58. The Morgan fingerprint density at radius 2 is 1.90 bits per heavy atom. The normalized spacial score (nSPS) is 10.6. The minimum absolute atomic E-state index is 0.0329. The second-order valence-electron chi connectivity index (χ2n) is 4.13. The summed E-state index contributed by atoms with van der Waals surface area (Å²) in [6.07, 6.45) is 4.37. The first-order valence-corrected chi connectivity index (χ1v) is 5.83. The van der Waals surface area contributed by atoms with Gasteiger partial charge in [-0.3, -0.25) is 19.3 Å². The molecule has 0 aliphatic carbocycles. The van der Waals surface area contributed by atoms with E-state index in [2.05, 4.69) is 9.97 Å². The van der Waals surface area contributed by atoms with Gasteiger partial charge in [-0.05, 0) is 18.2 Å². The van der Waals surface area contributed by atoms with Crippen molar-refractivity contribution in [2.75, 3.05) is 0 Å². The molecule has 0 radical (unpaired) electrons. The fraction of sp³-hybridized carbons (Fsp3) is 0. The molecule has 1 N–H and O–H groups in total. The van der Waals surface area contributed by atoms with Crippen LogP contribution in [-0.4, -0.2) is 25.6 Å². The summed E-state index contributed by atoms with van der Waals surface area (Å²) in [5.74, 6) is -1.09. The van der Waals surface area contributed by atoms with Crippen molar-refractivity contribution in [1.82, 2.24) is 14.5 Å². The first-order chi connectivity index (χ1) is 9.66. The molecule has 2 aromatic heterocycles. The van der Waals surface area contributed by atoms with Crippen LogP contribution in [0.5, 0.6) is 0 Å². The van der Waals surface area contributed by atoms with E-state index >= 15 is 0 Å². The number of aromatic carboxylic acids is 1. The summed E-state index contributed by atoms with van der Waals surface area (Å²) in [5, 5.41) is 9.02. The van der Waals surface area contributed by atoms with E-state index in [1.54, 1.807) is 24.4 Å². The maximum Gasteiger partial charge on any atom is 0.337 e. The van der Waals surface area contributed by atoms with Crippen molar-refractivity contribution in [2.24, 2.45) is 0 Å². The highest BCUT2D eigenvalue weighted by atomic mass is 16.4. The van der Waals surface area contributed by atoms with E-state index < -0.39 is 5.97 Å². The van der Waals surface area contributed by atoms with Crippen LogP contribution >= 0.6 is 0 Å². The van der Waals surface area contributed by atoms with E-state index in [-0.39, 0.29) is 11.1 Å². The summed E-state index contributed by atoms with van der Waals surface area (Å²) in [6, 6.07) is 7.71. The van der Waals surface area contributed by atoms with Crippen LogP contribution in [0, 0.1) is 0 Å². The third-order valence-electron chi connectivity index (χ3n) is 2.89. The predicted octanol–water partition coefficient (Wildman–Crippen LogP) is 1.48. The molecule has 0 amide bonds. The molecule has 0 saturated carbocycles. The summed E-state index contributed by atoms with van der Waals surface area (Å²) < 4.78 is 1.26. The van der Waals surface area contributed by atoms with E-state index in [0.29, 0.717) is 16.7 Å². The molecule has 3 aromatic rings. The van der Waals surface area contributed by atoms with Gasteiger partial charge in [-0.2, -0.15) is 0 Å². The van der Waals surface area contributed by atoms with Crippen molar-refractivity contribution in [3.63, 3.8) is 0 Å². The molecule has 0 atom stereocenters. The van der Waals surface area contributed by atoms with Crippen LogP contribution in [0.25, 0.3) is 16.7 Å². The maximum absolute atomic E-state index is 12.0. The molecule has 20 heavy (non-hydrogen) atoms. The molecule has 6 heteroatoms. The molecule has 0 unspecified atom stereocenters. The van der Waals surface area contributed by atoms with Crippen molar-refractivity contribution in [1.29, 1.82) is 0 Å². The minimum atomic E-state index is -1.09. The first kappa shape index (κ1) is 12.0. The highest BCUT2D eigenvalue weighted by Gasteiger charge is 2.10. The summed E-state index contributed by atoms with van der Waals surface area (Å²) in [4.78, 5) is 31.3. The Labute approximate surface area is 113 Å². The largest absolute Gasteiger partial charge is 0.478 e. The summed E-state index contributed by atoms with van der Waals surface area (Å²) >= 11 is 0. The average molecular weight is 267 g/mol. The van der Waals surface area contributed by atoms with Gasteiger partial charge in [0, 0.05) is 24.7 Å². The molecule has 98 valence electrons. The number of hydrogen-bond acceptors (Lipinski definition) is 4. The third kappa shape index (κ3) is 1.93. The number of carbonyl (C=O) groups is 1. The van der Waals surface area contributed by atoms with Gasteiger partial charge < -0.3 is 5.11 Å². The lowest BCUT2D eigenvalue weighted by molar-refractivity contribution is 0.0696. The van der Waals surface area contributed by atoms with E-state index in [1.165, 1.54) is 29.1 Å². The van der Waals surface area contributed by atoms with E-state index in [1.807, 2.05) is 0 Å². The standard InChI is InChI=1S/C14H9N3O3/c18-12-5-4-9(14(19)20)8-17(12)11-3-1-2-10-13(11)16-7-6-15-10/h1-8H,(H,19,20). The lowest BCUT2D eigenvalue weighted by atomic mass is 10.2. The van der Waals surface area contributed by atoms with Crippen LogP contribution in [0.3, 0.4) is 0 Å². The molecule has 1 aromatic carbocycles. The van der Waals surface area contributed by atoms with Gasteiger partial charge in [0.15, 0.2) is 0 Å². The molecule has 0 saturated heterocycles. The van der Waals surface area contributed by atoms with E-state index in [0.717, 1.165) is 0 Å². The highest BCUT2D eigenvalue weighted by Crippen LogP contribution is 2.17. The number of pyridine rings is 1. The van der Waals surface area contributed by atoms with E-state index in [4.69, 9.17) is 5.11 Å². The number of aromatic nitrogens is 3. The number of nitrogens with zero attached hydrogens (tertiary/aromatic N) is 3. The van der Waals surface area contributed by atoms with Crippen molar-refractivity contribution in [3.8, 4) is 5.69 Å². The van der Waals surface area contributed by atoms with Gasteiger partial charge in [-0.25, -0.2) is 4.79 Å². The highest BCUT2D eigenvalue weighted by molar-refractivity contribution is 5.88. The number of rotatable bonds is 2. The van der Waals surface area contributed by atoms with Crippen LogP contribution in [0.15, 0.2) is 53.7 Å². The topological polar surface area (TPSA) is 85.1 Å². The smallest absolute Gasteiger partial charge is 0.337 e. The number of para-hydroxylation sites is 1. The van der Waals surface area contributed by atoms with Gasteiger partial charge in [0.25, 0.3) is 5.56 Å². The quantitative estimate of drug-likeness (QED) is 0.760. The Morgan fingerprint density at radius 1 is 1.10 bits per heavy atom. The second-order valence-corrected chi connectivity index (χ2v) is 4.13. The first-order valence-electron chi connectivity index (χ1n) is 5.83. The fourth-order valence-corrected chi connectivity index (χ4v) is 1.97. The van der Waals surface area contributed by atoms with Gasteiger partial charge in [0.1, 0.15) is 5.52 Å². The van der Waals surface area contributed by atoms with Gasteiger partial charge in [-0.15, -0.1) is 0 Å².